The number of fused-ring (bicyclic) bond motifs is 1. The topological polar surface area (TPSA) is 111 Å². The average Bonchev–Trinajstić information content (AvgIpc) is 2.88. The maximum absolute atomic E-state index is 12.2. The van der Waals surface area contributed by atoms with E-state index in [0.29, 0.717) is 5.13 Å². The number of benzene rings is 1. The highest BCUT2D eigenvalue weighted by Crippen LogP contribution is 2.30. The number of para-hydroxylation sites is 1. The van der Waals surface area contributed by atoms with Crippen LogP contribution in [0.1, 0.15) is 27.3 Å². The van der Waals surface area contributed by atoms with Gasteiger partial charge in [-0.15, -0.1) is 11.3 Å². The molecule has 1 aliphatic rings. The molecule has 0 fully saturated rings. The van der Waals surface area contributed by atoms with E-state index in [2.05, 4.69) is 10.3 Å². The monoisotopic (exact) mass is 318 g/mol. The van der Waals surface area contributed by atoms with E-state index in [0.717, 1.165) is 29.8 Å². The summed E-state index contributed by atoms with van der Waals surface area (Å²) in [6, 6.07) is 5.98. The molecule has 0 saturated carbocycles. The number of nitro groups is 1. The SMILES string of the molecule is N[C@H]1CCc2nc(NC(=O)c3ccccc3[N+](=O)[O-])sc2C1. The maximum atomic E-state index is 12.2. The van der Waals surface area contributed by atoms with E-state index in [1.54, 1.807) is 6.07 Å². The van der Waals surface area contributed by atoms with Crippen LogP contribution in [0, 0.1) is 10.1 Å². The number of hydrogen-bond acceptors (Lipinski definition) is 6. The van der Waals surface area contributed by atoms with Crippen LogP contribution in [0.15, 0.2) is 24.3 Å². The van der Waals surface area contributed by atoms with Crippen molar-refractivity contribution in [3.05, 3.63) is 50.5 Å². The van der Waals surface area contributed by atoms with Crippen LogP contribution in [-0.2, 0) is 12.8 Å². The largest absolute Gasteiger partial charge is 0.327 e. The van der Waals surface area contributed by atoms with Crippen LogP contribution >= 0.6 is 11.3 Å². The molecule has 0 unspecified atom stereocenters. The number of hydrogen-bond donors (Lipinski definition) is 2. The van der Waals surface area contributed by atoms with Crippen molar-refractivity contribution in [2.45, 2.75) is 25.3 Å². The number of anilines is 1. The normalized spacial score (nSPS) is 16.9. The van der Waals surface area contributed by atoms with Gasteiger partial charge in [-0.3, -0.25) is 20.2 Å². The first-order valence-corrected chi connectivity index (χ1v) is 7.65. The average molecular weight is 318 g/mol. The van der Waals surface area contributed by atoms with Crippen molar-refractivity contribution in [3.63, 3.8) is 0 Å². The van der Waals surface area contributed by atoms with Crippen molar-refractivity contribution in [3.8, 4) is 0 Å². The number of thiazole rings is 1. The van der Waals surface area contributed by atoms with Gasteiger partial charge in [-0.2, -0.15) is 0 Å². The highest BCUT2D eigenvalue weighted by molar-refractivity contribution is 7.15. The molecule has 1 aliphatic carbocycles. The number of amides is 1. The molecule has 0 bridgehead atoms. The molecular weight excluding hydrogens is 304 g/mol. The molecule has 1 aromatic carbocycles. The summed E-state index contributed by atoms with van der Waals surface area (Å²) in [5.41, 5.74) is 6.69. The molecule has 0 saturated heterocycles. The maximum Gasteiger partial charge on any atom is 0.282 e. The third-order valence-electron chi connectivity index (χ3n) is 3.54. The predicted octanol–water partition coefficient (Wildman–Crippen LogP) is 2.12. The van der Waals surface area contributed by atoms with Crippen molar-refractivity contribution in [1.29, 1.82) is 0 Å². The third kappa shape index (κ3) is 2.83. The number of nitrogens with zero attached hydrogens (tertiary/aromatic N) is 2. The minimum absolute atomic E-state index is 0.0253. The Kier molecular flexibility index (Phi) is 3.86. The minimum Gasteiger partial charge on any atom is -0.327 e. The molecule has 0 spiro atoms. The zero-order valence-corrected chi connectivity index (χ0v) is 12.4. The first-order chi connectivity index (χ1) is 10.5. The van der Waals surface area contributed by atoms with Gasteiger partial charge in [0.2, 0.25) is 0 Å². The number of rotatable bonds is 3. The molecule has 1 aromatic heterocycles. The summed E-state index contributed by atoms with van der Waals surface area (Å²) >= 11 is 1.38. The van der Waals surface area contributed by atoms with Crippen molar-refractivity contribution in [1.82, 2.24) is 4.98 Å². The molecule has 1 heterocycles. The van der Waals surface area contributed by atoms with Crippen molar-refractivity contribution < 1.29 is 9.72 Å². The van der Waals surface area contributed by atoms with E-state index >= 15 is 0 Å². The van der Waals surface area contributed by atoms with Crippen LogP contribution in [0.4, 0.5) is 10.8 Å². The Morgan fingerprint density at radius 2 is 2.23 bits per heavy atom. The van der Waals surface area contributed by atoms with Crippen LogP contribution in [0.2, 0.25) is 0 Å². The van der Waals surface area contributed by atoms with Crippen molar-refractivity contribution in [2.75, 3.05) is 5.32 Å². The number of aryl methyl sites for hydroxylation is 1. The van der Waals surface area contributed by atoms with Crippen molar-refractivity contribution >= 4 is 28.1 Å². The molecule has 3 N–H and O–H groups in total. The van der Waals surface area contributed by atoms with E-state index < -0.39 is 10.8 Å². The van der Waals surface area contributed by atoms with Crippen LogP contribution in [0.5, 0.6) is 0 Å². The van der Waals surface area contributed by atoms with Gasteiger partial charge in [0.15, 0.2) is 5.13 Å². The Balaban J connectivity index is 1.82. The first kappa shape index (κ1) is 14.6. The van der Waals surface area contributed by atoms with Crippen LogP contribution in [0.3, 0.4) is 0 Å². The molecule has 2 aromatic rings. The fourth-order valence-electron chi connectivity index (χ4n) is 2.44. The van der Waals surface area contributed by atoms with Crippen molar-refractivity contribution in [2.24, 2.45) is 5.73 Å². The Morgan fingerprint density at radius 1 is 1.45 bits per heavy atom. The Morgan fingerprint density at radius 3 is 3.00 bits per heavy atom. The lowest BCUT2D eigenvalue weighted by molar-refractivity contribution is -0.385. The van der Waals surface area contributed by atoms with Gasteiger partial charge in [0.05, 0.1) is 10.6 Å². The second kappa shape index (κ2) is 5.82. The Labute approximate surface area is 130 Å². The summed E-state index contributed by atoms with van der Waals surface area (Å²) in [6.45, 7) is 0. The van der Waals surface area contributed by atoms with Crippen LogP contribution in [0.25, 0.3) is 0 Å². The standard InChI is InChI=1S/C14H14N4O3S/c15-8-5-6-10-12(7-8)22-14(16-10)17-13(19)9-3-1-2-4-11(9)18(20)21/h1-4,8H,5-7,15H2,(H,16,17,19)/t8-/m0/s1. The van der Waals surface area contributed by atoms with E-state index in [4.69, 9.17) is 5.73 Å². The molecule has 1 atom stereocenters. The van der Waals surface area contributed by atoms with Crippen LogP contribution < -0.4 is 11.1 Å². The summed E-state index contributed by atoms with van der Waals surface area (Å²) in [4.78, 5) is 28.1. The number of carbonyl (C=O) groups excluding carboxylic acids is 1. The highest BCUT2D eigenvalue weighted by Gasteiger charge is 2.23. The molecule has 22 heavy (non-hydrogen) atoms. The fraction of sp³-hybridized carbons (Fsp3) is 0.286. The molecule has 114 valence electrons. The van der Waals surface area contributed by atoms with Gasteiger partial charge in [-0.25, -0.2) is 4.98 Å². The summed E-state index contributed by atoms with van der Waals surface area (Å²) < 4.78 is 0. The zero-order valence-electron chi connectivity index (χ0n) is 11.6. The van der Waals surface area contributed by atoms with Gasteiger partial charge in [0.1, 0.15) is 5.56 Å². The number of aromatic nitrogens is 1. The molecule has 1 amide bonds. The predicted molar refractivity (Wildman–Crippen MR) is 83.2 cm³/mol. The fourth-order valence-corrected chi connectivity index (χ4v) is 3.54. The molecular formula is C14H14N4O3S. The molecule has 3 rings (SSSR count). The van der Waals surface area contributed by atoms with Crippen LogP contribution in [-0.4, -0.2) is 21.9 Å². The summed E-state index contributed by atoms with van der Waals surface area (Å²) in [5.74, 6) is -0.525. The summed E-state index contributed by atoms with van der Waals surface area (Å²) in [6.07, 6.45) is 2.44. The van der Waals surface area contributed by atoms with Gasteiger partial charge in [0, 0.05) is 17.0 Å². The minimum atomic E-state index is -0.569. The second-order valence-corrected chi connectivity index (χ2v) is 6.20. The van der Waals surface area contributed by atoms with Gasteiger partial charge in [0.25, 0.3) is 11.6 Å². The summed E-state index contributed by atoms with van der Waals surface area (Å²) in [5, 5.41) is 14.1. The molecule has 8 heteroatoms. The molecule has 7 nitrogen and oxygen atoms in total. The zero-order chi connectivity index (χ0) is 15.7. The number of nitrogens with two attached hydrogens (primary N) is 1. The van der Waals surface area contributed by atoms with E-state index in [9.17, 15) is 14.9 Å². The smallest absolute Gasteiger partial charge is 0.282 e. The Hall–Kier alpha value is -2.32. The van der Waals surface area contributed by atoms with E-state index in [1.165, 1.54) is 29.5 Å². The molecule has 0 radical (unpaired) electrons. The number of carbonyl (C=O) groups is 1. The quantitative estimate of drug-likeness (QED) is 0.665. The number of nitrogens with one attached hydrogen (secondary N) is 1. The third-order valence-corrected chi connectivity index (χ3v) is 4.58. The summed E-state index contributed by atoms with van der Waals surface area (Å²) in [7, 11) is 0. The van der Waals surface area contributed by atoms with Gasteiger partial charge >= 0.3 is 0 Å². The lowest BCUT2D eigenvalue weighted by atomic mass is 9.99. The van der Waals surface area contributed by atoms with Gasteiger partial charge in [-0.1, -0.05) is 12.1 Å². The first-order valence-electron chi connectivity index (χ1n) is 6.83. The van der Waals surface area contributed by atoms with Gasteiger partial charge < -0.3 is 5.73 Å². The highest BCUT2D eigenvalue weighted by atomic mass is 32.1. The lowest BCUT2D eigenvalue weighted by Crippen LogP contribution is -2.27. The Bertz CT molecular complexity index is 743. The van der Waals surface area contributed by atoms with E-state index in [-0.39, 0.29) is 17.3 Å². The molecule has 0 aliphatic heterocycles. The van der Waals surface area contributed by atoms with E-state index in [1.807, 2.05) is 0 Å². The second-order valence-electron chi connectivity index (χ2n) is 5.12. The number of nitro benzene ring substituents is 1. The van der Waals surface area contributed by atoms with Gasteiger partial charge in [-0.05, 0) is 25.3 Å². The lowest BCUT2D eigenvalue weighted by Gasteiger charge is -2.15.